The Morgan fingerprint density at radius 3 is 3.00 bits per heavy atom. The SMILES string of the molecule is CS(=O)(=O)c1cn[nH]c1C[C@@H]1CCCN(C(=O)CN)C1. The van der Waals surface area contributed by atoms with Gasteiger partial charge >= 0.3 is 0 Å². The van der Waals surface area contributed by atoms with Crippen molar-refractivity contribution in [2.45, 2.75) is 24.2 Å². The first-order chi connectivity index (χ1) is 9.41. The molecule has 3 N–H and O–H groups in total. The summed E-state index contributed by atoms with van der Waals surface area (Å²) in [6.07, 6.45) is 4.98. The number of aromatic amines is 1. The largest absolute Gasteiger partial charge is 0.341 e. The molecule has 20 heavy (non-hydrogen) atoms. The standard InChI is InChI=1S/C12H20N4O3S/c1-20(18,19)11-7-14-15-10(11)5-9-3-2-4-16(8-9)12(17)6-13/h7,9H,2-6,8,13H2,1H3,(H,14,15)/t9-/m0/s1. The topological polar surface area (TPSA) is 109 Å². The number of hydrogen-bond donors (Lipinski definition) is 2. The van der Waals surface area contributed by atoms with Gasteiger partial charge in [0.2, 0.25) is 5.91 Å². The zero-order valence-corrected chi connectivity index (χ0v) is 12.3. The van der Waals surface area contributed by atoms with Crippen molar-refractivity contribution in [3.05, 3.63) is 11.9 Å². The summed E-state index contributed by atoms with van der Waals surface area (Å²) >= 11 is 0. The van der Waals surface area contributed by atoms with Crippen LogP contribution in [0.25, 0.3) is 0 Å². The molecule has 1 aliphatic rings. The van der Waals surface area contributed by atoms with Crippen molar-refractivity contribution >= 4 is 15.7 Å². The van der Waals surface area contributed by atoms with Crippen LogP contribution in [0.3, 0.4) is 0 Å². The van der Waals surface area contributed by atoms with E-state index in [1.165, 1.54) is 12.5 Å². The molecule has 0 radical (unpaired) electrons. The second-order valence-electron chi connectivity index (χ2n) is 5.24. The fraction of sp³-hybridized carbons (Fsp3) is 0.667. The summed E-state index contributed by atoms with van der Waals surface area (Å²) in [6, 6.07) is 0. The highest BCUT2D eigenvalue weighted by atomic mass is 32.2. The van der Waals surface area contributed by atoms with Crippen molar-refractivity contribution in [3.63, 3.8) is 0 Å². The van der Waals surface area contributed by atoms with E-state index in [0.29, 0.717) is 18.7 Å². The van der Waals surface area contributed by atoms with Crippen molar-refractivity contribution in [1.82, 2.24) is 15.1 Å². The summed E-state index contributed by atoms with van der Waals surface area (Å²) in [6.45, 7) is 1.37. The molecule has 8 heteroatoms. The number of amides is 1. The van der Waals surface area contributed by atoms with Crippen molar-refractivity contribution in [2.24, 2.45) is 11.7 Å². The summed E-state index contributed by atoms with van der Waals surface area (Å²) in [5, 5.41) is 6.58. The van der Waals surface area contributed by atoms with Crippen LogP contribution in [-0.2, 0) is 21.1 Å². The van der Waals surface area contributed by atoms with Gasteiger partial charge in [0.1, 0.15) is 4.90 Å². The molecule has 1 atom stereocenters. The molecule has 0 spiro atoms. The number of H-pyrrole nitrogens is 1. The van der Waals surface area contributed by atoms with Gasteiger partial charge in [0.25, 0.3) is 0 Å². The monoisotopic (exact) mass is 300 g/mol. The van der Waals surface area contributed by atoms with Crippen LogP contribution in [0.5, 0.6) is 0 Å². The van der Waals surface area contributed by atoms with E-state index in [-0.39, 0.29) is 23.3 Å². The lowest BCUT2D eigenvalue weighted by atomic mass is 9.93. The number of nitrogens with zero attached hydrogens (tertiary/aromatic N) is 2. The summed E-state index contributed by atoms with van der Waals surface area (Å²) in [4.78, 5) is 13.6. The zero-order chi connectivity index (χ0) is 14.8. The van der Waals surface area contributed by atoms with E-state index in [1.807, 2.05) is 0 Å². The van der Waals surface area contributed by atoms with Crippen molar-refractivity contribution in [1.29, 1.82) is 0 Å². The van der Waals surface area contributed by atoms with Gasteiger partial charge in [-0.1, -0.05) is 0 Å². The number of nitrogens with two attached hydrogens (primary N) is 1. The fourth-order valence-electron chi connectivity index (χ4n) is 2.64. The van der Waals surface area contributed by atoms with Crippen LogP contribution >= 0.6 is 0 Å². The third kappa shape index (κ3) is 3.37. The fourth-order valence-corrected chi connectivity index (χ4v) is 3.46. The molecule has 112 valence electrons. The highest BCUT2D eigenvalue weighted by molar-refractivity contribution is 7.90. The summed E-state index contributed by atoms with van der Waals surface area (Å²) in [7, 11) is -3.27. The normalized spacial score (nSPS) is 20.1. The lowest BCUT2D eigenvalue weighted by Crippen LogP contribution is -2.43. The second-order valence-corrected chi connectivity index (χ2v) is 7.23. The number of nitrogens with one attached hydrogen (secondary N) is 1. The Balaban J connectivity index is 2.07. The first-order valence-corrected chi connectivity index (χ1v) is 8.51. The Morgan fingerprint density at radius 1 is 1.60 bits per heavy atom. The molecule has 1 aromatic heterocycles. The summed E-state index contributed by atoms with van der Waals surface area (Å²) < 4.78 is 23.3. The maximum atomic E-state index is 11.6. The first kappa shape index (κ1) is 15.0. The third-order valence-corrected chi connectivity index (χ3v) is 4.77. The van der Waals surface area contributed by atoms with Gasteiger partial charge in [0, 0.05) is 19.3 Å². The molecule has 1 aliphatic heterocycles. The Morgan fingerprint density at radius 2 is 2.35 bits per heavy atom. The van der Waals surface area contributed by atoms with Crippen LogP contribution in [0.4, 0.5) is 0 Å². The average molecular weight is 300 g/mol. The summed E-state index contributed by atoms with van der Waals surface area (Å²) in [5.41, 5.74) is 6.00. The predicted molar refractivity (Wildman–Crippen MR) is 73.8 cm³/mol. The van der Waals surface area contributed by atoms with E-state index >= 15 is 0 Å². The minimum atomic E-state index is -3.27. The number of likely N-dealkylation sites (tertiary alicyclic amines) is 1. The predicted octanol–water partition coefficient (Wildman–Crippen LogP) is -0.447. The Bertz CT molecular complexity index is 581. The molecule has 1 amide bonds. The Hall–Kier alpha value is -1.41. The van der Waals surface area contributed by atoms with E-state index in [4.69, 9.17) is 5.73 Å². The minimum Gasteiger partial charge on any atom is -0.341 e. The highest BCUT2D eigenvalue weighted by Crippen LogP contribution is 2.23. The zero-order valence-electron chi connectivity index (χ0n) is 11.5. The number of carbonyl (C=O) groups is 1. The molecule has 0 bridgehead atoms. The molecule has 2 rings (SSSR count). The van der Waals surface area contributed by atoms with Gasteiger partial charge in [0.05, 0.1) is 18.4 Å². The van der Waals surface area contributed by atoms with Crippen LogP contribution in [0, 0.1) is 5.92 Å². The van der Waals surface area contributed by atoms with Gasteiger partial charge in [-0.2, -0.15) is 5.10 Å². The Labute approximate surface area is 118 Å². The van der Waals surface area contributed by atoms with E-state index < -0.39 is 9.84 Å². The van der Waals surface area contributed by atoms with E-state index in [0.717, 1.165) is 19.4 Å². The van der Waals surface area contributed by atoms with Gasteiger partial charge in [0.15, 0.2) is 9.84 Å². The second kappa shape index (κ2) is 5.92. The molecule has 2 heterocycles. The molecule has 1 aromatic rings. The molecule has 7 nitrogen and oxygen atoms in total. The maximum absolute atomic E-state index is 11.6. The number of aromatic nitrogens is 2. The number of rotatable bonds is 4. The summed E-state index contributed by atoms with van der Waals surface area (Å²) in [5.74, 6) is 0.183. The van der Waals surface area contributed by atoms with Crippen LogP contribution in [0.15, 0.2) is 11.1 Å². The van der Waals surface area contributed by atoms with Crippen molar-refractivity contribution in [2.75, 3.05) is 25.9 Å². The molecule has 0 aromatic carbocycles. The smallest absolute Gasteiger partial charge is 0.236 e. The van der Waals surface area contributed by atoms with Crippen LogP contribution in [0.1, 0.15) is 18.5 Å². The van der Waals surface area contributed by atoms with Gasteiger partial charge in [-0.25, -0.2) is 8.42 Å². The minimum absolute atomic E-state index is 0.0192. The molecular formula is C12H20N4O3S. The molecule has 0 saturated carbocycles. The van der Waals surface area contributed by atoms with Crippen molar-refractivity contribution < 1.29 is 13.2 Å². The van der Waals surface area contributed by atoms with Gasteiger partial charge in [-0.3, -0.25) is 9.89 Å². The van der Waals surface area contributed by atoms with E-state index in [1.54, 1.807) is 4.90 Å². The Kier molecular flexibility index (Phi) is 4.44. The maximum Gasteiger partial charge on any atom is 0.236 e. The lowest BCUT2D eigenvalue weighted by molar-refractivity contribution is -0.131. The van der Waals surface area contributed by atoms with E-state index in [9.17, 15) is 13.2 Å². The van der Waals surface area contributed by atoms with Crippen LogP contribution in [-0.4, -0.2) is 55.3 Å². The number of carbonyl (C=O) groups excluding carboxylic acids is 1. The number of hydrogen-bond acceptors (Lipinski definition) is 5. The van der Waals surface area contributed by atoms with Crippen LogP contribution < -0.4 is 5.73 Å². The third-order valence-electron chi connectivity index (χ3n) is 3.62. The molecule has 1 saturated heterocycles. The number of piperidine rings is 1. The van der Waals surface area contributed by atoms with Gasteiger partial charge in [-0.05, 0) is 25.2 Å². The van der Waals surface area contributed by atoms with Crippen LogP contribution in [0.2, 0.25) is 0 Å². The highest BCUT2D eigenvalue weighted by Gasteiger charge is 2.25. The molecular weight excluding hydrogens is 280 g/mol. The van der Waals surface area contributed by atoms with E-state index in [2.05, 4.69) is 10.2 Å². The quantitative estimate of drug-likeness (QED) is 0.783. The molecule has 0 unspecified atom stereocenters. The molecule has 0 aliphatic carbocycles. The number of sulfone groups is 1. The van der Waals surface area contributed by atoms with Crippen molar-refractivity contribution in [3.8, 4) is 0 Å². The lowest BCUT2D eigenvalue weighted by Gasteiger charge is -2.32. The average Bonchev–Trinajstić information content (AvgIpc) is 2.86. The first-order valence-electron chi connectivity index (χ1n) is 6.62. The molecule has 1 fully saturated rings. The van der Waals surface area contributed by atoms with Gasteiger partial charge < -0.3 is 10.6 Å². The van der Waals surface area contributed by atoms with Gasteiger partial charge in [-0.15, -0.1) is 0 Å².